The number of hydrogen-bond donors (Lipinski definition) is 2. The van der Waals surface area contributed by atoms with E-state index in [1.165, 1.54) is 17.6 Å². The van der Waals surface area contributed by atoms with Crippen LogP contribution in [0.4, 0.5) is 23.0 Å². The van der Waals surface area contributed by atoms with Crippen LogP contribution in [0.25, 0.3) is 22.8 Å². The number of likely N-dealkylation sites (N-methyl/N-ethyl adjacent to an activating group) is 2. The third kappa shape index (κ3) is 5.91. The van der Waals surface area contributed by atoms with E-state index in [2.05, 4.69) is 32.0 Å². The van der Waals surface area contributed by atoms with E-state index in [4.69, 9.17) is 9.72 Å². The molecule has 0 saturated heterocycles. The number of rotatable bonds is 10. The van der Waals surface area contributed by atoms with Crippen molar-refractivity contribution in [2.75, 3.05) is 56.9 Å². The van der Waals surface area contributed by atoms with Crippen LogP contribution in [0.15, 0.2) is 66.1 Å². The number of amides is 1. The maximum absolute atomic E-state index is 13.7. The second kappa shape index (κ2) is 11.8. The van der Waals surface area contributed by atoms with Gasteiger partial charge in [0.2, 0.25) is 11.9 Å². The number of ether oxygens (including phenoxy) is 1. The Morgan fingerprint density at radius 3 is 2.51 bits per heavy atom. The van der Waals surface area contributed by atoms with Crippen LogP contribution in [0.2, 0.25) is 0 Å². The predicted molar refractivity (Wildman–Crippen MR) is 158 cm³/mol. The molecule has 0 atom stereocenters. The van der Waals surface area contributed by atoms with Gasteiger partial charge >= 0.3 is 0 Å². The molecule has 0 spiro atoms. The number of methoxy groups -OCH3 is 1. The summed E-state index contributed by atoms with van der Waals surface area (Å²) in [5, 5.41) is 6.45. The van der Waals surface area contributed by atoms with Gasteiger partial charge in [0.05, 0.1) is 18.5 Å². The lowest BCUT2D eigenvalue weighted by Crippen LogP contribution is -2.28. The maximum Gasteiger partial charge on any atom is 0.281 e. The Hall–Kier alpha value is -4.70. The highest BCUT2D eigenvalue weighted by Gasteiger charge is 2.20. The molecule has 2 aromatic carbocycles. The summed E-state index contributed by atoms with van der Waals surface area (Å²) in [5.74, 6) is 0.540. The summed E-state index contributed by atoms with van der Waals surface area (Å²) >= 11 is 0. The van der Waals surface area contributed by atoms with E-state index < -0.39 is 5.56 Å². The Balaban J connectivity index is 1.81. The fraction of sp³-hybridized carbons (Fsp3) is 0.241. The fourth-order valence-corrected chi connectivity index (χ4v) is 4.20. The van der Waals surface area contributed by atoms with Crippen LogP contribution in [0.3, 0.4) is 0 Å². The molecule has 39 heavy (non-hydrogen) atoms. The van der Waals surface area contributed by atoms with Gasteiger partial charge in [0, 0.05) is 56.0 Å². The van der Waals surface area contributed by atoms with Gasteiger partial charge in [-0.2, -0.15) is 4.98 Å². The van der Waals surface area contributed by atoms with E-state index in [0.717, 1.165) is 18.8 Å². The highest BCUT2D eigenvalue weighted by molar-refractivity contribution is 5.98. The average molecular weight is 528 g/mol. The molecule has 2 N–H and O–H groups in total. The van der Waals surface area contributed by atoms with Gasteiger partial charge < -0.3 is 25.2 Å². The summed E-state index contributed by atoms with van der Waals surface area (Å²) in [6, 6.07) is 15.0. The van der Waals surface area contributed by atoms with Gasteiger partial charge in [0.1, 0.15) is 11.4 Å². The molecule has 10 nitrogen and oxygen atoms in total. The first-order chi connectivity index (χ1) is 18.7. The van der Waals surface area contributed by atoms with E-state index >= 15 is 0 Å². The van der Waals surface area contributed by atoms with Crippen molar-refractivity contribution in [3.8, 4) is 11.4 Å². The summed E-state index contributed by atoms with van der Waals surface area (Å²) in [7, 11) is 7.73. The van der Waals surface area contributed by atoms with Crippen LogP contribution in [0, 0.1) is 0 Å². The van der Waals surface area contributed by atoms with Crippen LogP contribution in [-0.4, -0.2) is 66.7 Å². The number of carbonyl (C=O) groups excluding carboxylic acids is 1. The first kappa shape index (κ1) is 27.3. The summed E-state index contributed by atoms with van der Waals surface area (Å²) in [5.41, 5.74) is 2.80. The fourth-order valence-electron chi connectivity index (χ4n) is 4.20. The van der Waals surface area contributed by atoms with Crippen LogP contribution in [-0.2, 0) is 4.79 Å². The number of hydrogen-bond acceptors (Lipinski definition) is 8. The quantitative estimate of drug-likeness (QED) is 0.317. The molecule has 0 aliphatic carbocycles. The van der Waals surface area contributed by atoms with Gasteiger partial charge in [0.15, 0.2) is 5.65 Å². The number of aromatic nitrogens is 3. The number of fused-ring (bicyclic) bond motifs is 1. The van der Waals surface area contributed by atoms with Crippen molar-refractivity contribution in [1.82, 2.24) is 19.4 Å². The molecule has 0 fully saturated rings. The smallest absolute Gasteiger partial charge is 0.281 e. The van der Waals surface area contributed by atoms with Gasteiger partial charge in [-0.1, -0.05) is 30.9 Å². The van der Waals surface area contributed by atoms with Crippen LogP contribution in [0.5, 0.6) is 5.75 Å². The van der Waals surface area contributed by atoms with Crippen LogP contribution >= 0.6 is 0 Å². The van der Waals surface area contributed by atoms with Gasteiger partial charge in [-0.05, 0) is 38.4 Å². The molecular weight excluding hydrogens is 494 g/mol. The zero-order valence-corrected chi connectivity index (χ0v) is 22.9. The summed E-state index contributed by atoms with van der Waals surface area (Å²) in [4.78, 5) is 39.1. The van der Waals surface area contributed by atoms with E-state index in [0.29, 0.717) is 33.7 Å². The number of para-hydroxylation sites is 1. The van der Waals surface area contributed by atoms with E-state index in [9.17, 15) is 9.59 Å². The first-order valence-corrected chi connectivity index (χ1v) is 12.5. The third-order valence-electron chi connectivity index (χ3n) is 6.23. The van der Waals surface area contributed by atoms with Crippen LogP contribution in [0.1, 0.15) is 12.5 Å². The third-order valence-corrected chi connectivity index (χ3v) is 6.23. The molecule has 0 radical (unpaired) electrons. The minimum Gasteiger partial charge on any atom is -0.494 e. The highest BCUT2D eigenvalue weighted by Crippen LogP contribution is 2.32. The van der Waals surface area contributed by atoms with E-state index in [-0.39, 0.29) is 17.5 Å². The molecule has 4 aromatic rings. The van der Waals surface area contributed by atoms with Crippen molar-refractivity contribution in [1.29, 1.82) is 0 Å². The number of benzene rings is 2. The van der Waals surface area contributed by atoms with Crippen molar-refractivity contribution in [3.63, 3.8) is 0 Å². The maximum atomic E-state index is 13.7. The lowest BCUT2D eigenvalue weighted by Gasteiger charge is -2.23. The number of nitrogens with one attached hydrogen (secondary N) is 2. The molecule has 0 bridgehead atoms. The van der Waals surface area contributed by atoms with Gasteiger partial charge in [-0.15, -0.1) is 0 Å². The second-order valence-corrected chi connectivity index (χ2v) is 9.32. The molecule has 0 aliphatic heterocycles. The summed E-state index contributed by atoms with van der Waals surface area (Å²) in [6.45, 7) is 6.99. The lowest BCUT2D eigenvalue weighted by molar-refractivity contribution is -0.114. The number of pyridine rings is 1. The zero-order valence-electron chi connectivity index (χ0n) is 22.9. The second-order valence-electron chi connectivity index (χ2n) is 9.32. The van der Waals surface area contributed by atoms with Crippen molar-refractivity contribution < 1.29 is 9.53 Å². The van der Waals surface area contributed by atoms with Crippen molar-refractivity contribution in [3.05, 3.63) is 77.2 Å². The molecule has 4 rings (SSSR count). The minimum absolute atomic E-state index is 0.119. The lowest BCUT2D eigenvalue weighted by atomic mass is 10.1. The molecule has 0 saturated carbocycles. The Morgan fingerprint density at radius 1 is 1.13 bits per heavy atom. The molecule has 2 aromatic heterocycles. The molecule has 0 unspecified atom stereocenters. The molecule has 2 heterocycles. The Bertz CT molecular complexity index is 1570. The van der Waals surface area contributed by atoms with Gasteiger partial charge in [0.25, 0.3) is 5.56 Å². The average Bonchev–Trinajstić information content (AvgIpc) is 2.92. The largest absolute Gasteiger partial charge is 0.494 e. The first-order valence-electron chi connectivity index (χ1n) is 12.5. The molecule has 1 amide bonds. The zero-order chi connectivity index (χ0) is 28.1. The van der Waals surface area contributed by atoms with Crippen molar-refractivity contribution in [2.45, 2.75) is 6.92 Å². The number of nitrogens with zero attached hydrogens (tertiary/aromatic N) is 5. The Morgan fingerprint density at radius 2 is 1.87 bits per heavy atom. The predicted octanol–water partition coefficient (Wildman–Crippen LogP) is 4.13. The monoisotopic (exact) mass is 527 g/mol. The topological polar surface area (TPSA) is 105 Å². The van der Waals surface area contributed by atoms with E-state index in [1.807, 2.05) is 57.5 Å². The summed E-state index contributed by atoms with van der Waals surface area (Å²) in [6.07, 6.45) is 3.14. The number of carbonyl (C=O) groups is 1. The van der Waals surface area contributed by atoms with Crippen molar-refractivity contribution in [2.24, 2.45) is 0 Å². The molecule has 202 valence electrons. The van der Waals surface area contributed by atoms with Crippen molar-refractivity contribution >= 4 is 46.0 Å². The molecule has 10 heteroatoms. The van der Waals surface area contributed by atoms with Crippen LogP contribution < -0.4 is 25.8 Å². The molecule has 0 aliphatic rings. The normalized spacial score (nSPS) is 10.9. The van der Waals surface area contributed by atoms with E-state index in [1.54, 1.807) is 25.4 Å². The van der Waals surface area contributed by atoms with Gasteiger partial charge in [-0.3, -0.25) is 14.2 Å². The Kier molecular flexibility index (Phi) is 8.26. The standard InChI is InChI=1S/C29H33N7O3/c1-7-22-23-18-30-29(32-24-14-13-21(17-25(24)39-6)35(5)16-15-34(3)4)33-27(23)36(20-11-9-8-10-12-20)28(38)26(22)31-19(2)37/h7-14,17-18H,1,15-16H2,2-6H3,(H,31,37)(H,30,32,33). The summed E-state index contributed by atoms with van der Waals surface area (Å²) < 4.78 is 7.12. The molecular formula is C29H33N7O3. The SMILES string of the molecule is C=Cc1c(NC(C)=O)c(=O)n(-c2ccccc2)c2nc(Nc3ccc(N(C)CCN(C)C)cc3OC)ncc12. The Labute approximate surface area is 227 Å². The highest BCUT2D eigenvalue weighted by atomic mass is 16.5. The van der Waals surface area contributed by atoms with Gasteiger partial charge in [-0.25, -0.2) is 4.98 Å². The number of anilines is 4. The minimum atomic E-state index is -0.425.